The zero-order chi connectivity index (χ0) is 20.5. The van der Waals surface area contributed by atoms with Crippen molar-refractivity contribution in [3.05, 3.63) is 60.3 Å². The van der Waals surface area contributed by atoms with Crippen LogP contribution in [0.25, 0.3) is 22.3 Å². The summed E-state index contributed by atoms with van der Waals surface area (Å²) in [5.74, 6) is 0.951. The molecule has 0 atom stereocenters. The molecule has 2 aromatic carbocycles. The fourth-order valence-electron chi connectivity index (χ4n) is 3.43. The van der Waals surface area contributed by atoms with Gasteiger partial charge in [0.1, 0.15) is 0 Å². The maximum Gasteiger partial charge on any atom is 0.234 e. The van der Waals surface area contributed by atoms with Crippen molar-refractivity contribution >= 4 is 34.3 Å². The third kappa shape index (κ3) is 3.55. The number of carbonyl (C=O) groups excluding carboxylic acids is 1. The highest BCUT2D eigenvalue weighted by Gasteiger charge is 2.31. The summed E-state index contributed by atoms with van der Waals surface area (Å²) in [6, 6.07) is 17.4. The van der Waals surface area contributed by atoms with E-state index < -0.39 is 0 Å². The van der Waals surface area contributed by atoms with Gasteiger partial charge in [-0.3, -0.25) is 9.36 Å². The minimum Gasteiger partial charge on any atom is -0.360 e. The third-order valence-corrected chi connectivity index (χ3v) is 5.98. The normalized spacial score (nSPS) is 13.3. The molecule has 0 aliphatic heterocycles. The molecule has 4 aromatic rings. The second-order valence-corrected chi connectivity index (χ2v) is 8.12. The van der Waals surface area contributed by atoms with Gasteiger partial charge in [-0.15, -0.1) is 10.2 Å². The number of H-pyrrole nitrogens is 1. The molecule has 1 amide bonds. The van der Waals surface area contributed by atoms with E-state index in [0.29, 0.717) is 17.3 Å². The maximum atomic E-state index is 12.4. The lowest BCUT2D eigenvalue weighted by Crippen LogP contribution is -2.14. The SMILES string of the molecule is N#Cc1ccc(NC(=O)CSc2nnc(-c3c[nH]c4ccccc34)n2C2CC2)cc1. The molecule has 148 valence electrons. The molecule has 0 unspecified atom stereocenters. The number of aromatic amines is 1. The summed E-state index contributed by atoms with van der Waals surface area (Å²) in [6.07, 6.45) is 4.16. The number of fused-ring (bicyclic) bond motifs is 1. The summed E-state index contributed by atoms with van der Waals surface area (Å²) in [5.41, 5.74) is 3.32. The van der Waals surface area contributed by atoms with Crippen molar-refractivity contribution in [3.63, 3.8) is 0 Å². The maximum absolute atomic E-state index is 12.4. The molecular weight excluding hydrogens is 396 g/mol. The molecule has 0 radical (unpaired) electrons. The zero-order valence-electron chi connectivity index (χ0n) is 16.0. The van der Waals surface area contributed by atoms with Gasteiger partial charge in [0.25, 0.3) is 0 Å². The Balaban J connectivity index is 1.34. The standard InChI is InChI=1S/C22H18N6OS/c23-11-14-5-7-15(8-6-14)25-20(29)13-30-22-27-26-21(28(22)16-9-10-16)18-12-24-19-4-2-1-3-17(18)19/h1-8,12,16,24H,9-10,13H2,(H,25,29). The number of carbonyl (C=O) groups is 1. The molecule has 7 nitrogen and oxygen atoms in total. The van der Waals surface area contributed by atoms with Crippen molar-refractivity contribution in [1.29, 1.82) is 5.26 Å². The number of benzene rings is 2. The predicted octanol–water partition coefficient (Wildman–Crippen LogP) is 4.36. The number of aromatic nitrogens is 4. The molecule has 0 bridgehead atoms. The number of nitrogens with one attached hydrogen (secondary N) is 2. The van der Waals surface area contributed by atoms with Crippen molar-refractivity contribution in [3.8, 4) is 17.5 Å². The minimum atomic E-state index is -0.122. The van der Waals surface area contributed by atoms with E-state index in [1.807, 2.05) is 24.4 Å². The third-order valence-electron chi connectivity index (χ3n) is 5.04. The van der Waals surface area contributed by atoms with E-state index >= 15 is 0 Å². The average molecular weight is 414 g/mol. The van der Waals surface area contributed by atoms with Crippen LogP contribution in [0.5, 0.6) is 0 Å². The number of thioether (sulfide) groups is 1. The lowest BCUT2D eigenvalue weighted by Gasteiger charge is -2.09. The van der Waals surface area contributed by atoms with Crippen molar-refractivity contribution in [1.82, 2.24) is 19.7 Å². The molecule has 8 heteroatoms. The van der Waals surface area contributed by atoms with Crippen LogP contribution < -0.4 is 5.32 Å². The van der Waals surface area contributed by atoms with Gasteiger partial charge in [0.05, 0.1) is 17.4 Å². The van der Waals surface area contributed by atoms with Crippen LogP contribution in [0.3, 0.4) is 0 Å². The highest BCUT2D eigenvalue weighted by Crippen LogP contribution is 2.42. The van der Waals surface area contributed by atoms with Crippen molar-refractivity contribution < 1.29 is 4.79 Å². The number of amides is 1. The first kappa shape index (κ1) is 18.5. The highest BCUT2D eigenvalue weighted by molar-refractivity contribution is 7.99. The van der Waals surface area contributed by atoms with Crippen LogP contribution in [0.1, 0.15) is 24.4 Å². The molecule has 2 heterocycles. The Morgan fingerprint density at radius 1 is 1.20 bits per heavy atom. The van der Waals surface area contributed by atoms with Crippen LogP contribution in [0.2, 0.25) is 0 Å². The first-order valence-corrected chi connectivity index (χ1v) is 10.7. The van der Waals surface area contributed by atoms with Crippen molar-refractivity contribution in [2.24, 2.45) is 0 Å². The predicted molar refractivity (Wildman–Crippen MR) is 116 cm³/mol. The van der Waals surface area contributed by atoms with Gasteiger partial charge in [-0.1, -0.05) is 30.0 Å². The fraction of sp³-hybridized carbons (Fsp3) is 0.182. The minimum absolute atomic E-state index is 0.122. The second-order valence-electron chi connectivity index (χ2n) is 7.18. The summed E-state index contributed by atoms with van der Waals surface area (Å²) in [5, 5.41) is 22.4. The molecule has 1 saturated carbocycles. The van der Waals surface area contributed by atoms with Crippen molar-refractivity contribution in [2.75, 3.05) is 11.1 Å². The average Bonchev–Trinajstić information content (AvgIpc) is 3.38. The molecule has 2 aromatic heterocycles. The first-order chi connectivity index (χ1) is 14.7. The molecule has 1 aliphatic rings. The Labute approximate surface area is 177 Å². The molecule has 0 spiro atoms. The Kier molecular flexibility index (Phi) is 4.73. The number of para-hydroxylation sites is 1. The van der Waals surface area contributed by atoms with Gasteiger partial charge in [0, 0.05) is 34.4 Å². The van der Waals surface area contributed by atoms with E-state index in [1.54, 1.807) is 24.3 Å². The van der Waals surface area contributed by atoms with Crippen LogP contribution in [-0.4, -0.2) is 31.4 Å². The van der Waals surface area contributed by atoms with Gasteiger partial charge in [-0.2, -0.15) is 5.26 Å². The number of hydrogen-bond acceptors (Lipinski definition) is 5. The monoisotopic (exact) mass is 414 g/mol. The van der Waals surface area contributed by atoms with Crippen LogP contribution in [0.15, 0.2) is 59.9 Å². The zero-order valence-corrected chi connectivity index (χ0v) is 16.8. The van der Waals surface area contributed by atoms with Crippen molar-refractivity contribution in [2.45, 2.75) is 24.0 Å². The van der Waals surface area contributed by atoms with Gasteiger partial charge < -0.3 is 10.3 Å². The van der Waals surface area contributed by atoms with E-state index in [0.717, 1.165) is 40.3 Å². The summed E-state index contributed by atoms with van der Waals surface area (Å²) in [7, 11) is 0. The summed E-state index contributed by atoms with van der Waals surface area (Å²) in [4.78, 5) is 15.7. The highest BCUT2D eigenvalue weighted by atomic mass is 32.2. The Bertz CT molecular complexity index is 1260. The molecular formula is C22H18N6OS. The molecule has 2 N–H and O–H groups in total. The fourth-order valence-corrected chi connectivity index (χ4v) is 4.24. The van der Waals surface area contributed by atoms with Crippen LogP contribution in [0, 0.1) is 11.3 Å². The molecule has 30 heavy (non-hydrogen) atoms. The topological polar surface area (TPSA) is 99.4 Å². The molecule has 0 saturated heterocycles. The molecule has 5 rings (SSSR count). The van der Waals surface area contributed by atoms with Crippen LogP contribution in [-0.2, 0) is 4.79 Å². The Morgan fingerprint density at radius 3 is 2.77 bits per heavy atom. The summed E-state index contributed by atoms with van der Waals surface area (Å²) < 4.78 is 2.16. The second kappa shape index (κ2) is 7.69. The smallest absolute Gasteiger partial charge is 0.234 e. The first-order valence-electron chi connectivity index (χ1n) is 9.67. The van der Waals surface area contributed by atoms with Gasteiger partial charge in [0.2, 0.25) is 5.91 Å². The largest absolute Gasteiger partial charge is 0.360 e. The van der Waals surface area contributed by atoms with Crippen LogP contribution in [0.4, 0.5) is 5.69 Å². The molecule has 1 aliphatic carbocycles. The van der Waals surface area contributed by atoms with Gasteiger partial charge in [-0.05, 0) is 43.2 Å². The quantitative estimate of drug-likeness (QED) is 0.457. The van der Waals surface area contributed by atoms with Gasteiger partial charge >= 0.3 is 0 Å². The van der Waals surface area contributed by atoms with E-state index in [2.05, 4.69) is 37.2 Å². The van der Waals surface area contributed by atoms with Gasteiger partial charge in [-0.25, -0.2) is 0 Å². The lowest BCUT2D eigenvalue weighted by molar-refractivity contribution is -0.113. The van der Waals surface area contributed by atoms with Gasteiger partial charge in [0.15, 0.2) is 11.0 Å². The Hall–Kier alpha value is -3.57. The van der Waals surface area contributed by atoms with E-state index in [9.17, 15) is 4.79 Å². The number of rotatable bonds is 6. The molecule has 1 fully saturated rings. The Morgan fingerprint density at radius 2 is 2.00 bits per heavy atom. The van der Waals surface area contributed by atoms with E-state index in [1.165, 1.54) is 11.8 Å². The summed E-state index contributed by atoms with van der Waals surface area (Å²) >= 11 is 1.39. The number of nitriles is 1. The summed E-state index contributed by atoms with van der Waals surface area (Å²) in [6.45, 7) is 0. The van der Waals surface area contributed by atoms with E-state index in [4.69, 9.17) is 5.26 Å². The lowest BCUT2D eigenvalue weighted by atomic mass is 10.1. The number of anilines is 1. The van der Waals surface area contributed by atoms with E-state index in [-0.39, 0.29) is 11.7 Å². The van der Waals surface area contributed by atoms with Crippen LogP contribution >= 0.6 is 11.8 Å². The number of nitrogens with zero attached hydrogens (tertiary/aromatic N) is 4. The number of hydrogen-bond donors (Lipinski definition) is 2.